The quantitative estimate of drug-likeness (QED) is 0.668. The second kappa shape index (κ2) is 7.26. The molecular formula is C12H18O3. The van der Waals surface area contributed by atoms with Crippen LogP contribution < -0.4 is 4.74 Å². The number of aryl methyl sites for hydroxylation is 1. The molecule has 0 fully saturated rings. The van der Waals surface area contributed by atoms with Crippen molar-refractivity contribution >= 4 is 0 Å². The smallest absolute Gasteiger partial charge is 0.122 e. The summed E-state index contributed by atoms with van der Waals surface area (Å²) in [5.74, 6) is 0.837. The van der Waals surface area contributed by atoms with Gasteiger partial charge in [-0.25, -0.2) is 0 Å². The maximum atomic E-state index is 8.69. The van der Waals surface area contributed by atoms with Crippen LogP contribution in [0, 0.1) is 0 Å². The van der Waals surface area contributed by atoms with Crippen molar-refractivity contribution in [2.75, 3.05) is 19.8 Å². The van der Waals surface area contributed by atoms with Crippen LogP contribution in [0.5, 0.6) is 5.75 Å². The maximum Gasteiger partial charge on any atom is 0.122 e. The minimum absolute atomic E-state index is 0.0327. The van der Waals surface area contributed by atoms with Gasteiger partial charge in [0.1, 0.15) is 12.4 Å². The fourth-order valence-corrected chi connectivity index (χ4v) is 1.43. The fraction of sp³-hybridized carbons (Fsp3) is 0.500. The first kappa shape index (κ1) is 12.0. The second-order valence-corrected chi connectivity index (χ2v) is 3.36. The highest BCUT2D eigenvalue weighted by molar-refractivity contribution is 5.33. The third-order valence-electron chi connectivity index (χ3n) is 2.18. The average molecular weight is 210 g/mol. The largest absolute Gasteiger partial charge is 0.491 e. The predicted molar refractivity (Wildman–Crippen MR) is 59.0 cm³/mol. The van der Waals surface area contributed by atoms with Crippen molar-refractivity contribution in [2.45, 2.75) is 19.3 Å². The van der Waals surface area contributed by atoms with Gasteiger partial charge in [-0.2, -0.15) is 0 Å². The van der Waals surface area contributed by atoms with E-state index in [9.17, 15) is 0 Å². The molecule has 84 valence electrons. The van der Waals surface area contributed by atoms with E-state index in [1.807, 2.05) is 24.3 Å². The van der Waals surface area contributed by atoms with Crippen molar-refractivity contribution in [3.8, 4) is 5.75 Å². The van der Waals surface area contributed by atoms with Gasteiger partial charge in [-0.05, 0) is 30.9 Å². The molecule has 3 nitrogen and oxygen atoms in total. The van der Waals surface area contributed by atoms with E-state index in [0.29, 0.717) is 6.61 Å². The van der Waals surface area contributed by atoms with Crippen molar-refractivity contribution in [3.05, 3.63) is 29.8 Å². The van der Waals surface area contributed by atoms with Crippen molar-refractivity contribution in [1.82, 2.24) is 0 Å². The molecule has 3 heteroatoms. The van der Waals surface area contributed by atoms with E-state index in [-0.39, 0.29) is 13.2 Å². The zero-order valence-corrected chi connectivity index (χ0v) is 8.85. The summed E-state index contributed by atoms with van der Waals surface area (Å²) in [5.41, 5.74) is 1.14. The normalized spacial score (nSPS) is 10.3. The van der Waals surface area contributed by atoms with Gasteiger partial charge in [-0.3, -0.25) is 0 Å². The van der Waals surface area contributed by atoms with E-state index >= 15 is 0 Å². The summed E-state index contributed by atoms with van der Waals surface area (Å²) in [6.45, 7) is 0.599. The average Bonchev–Trinajstić information content (AvgIpc) is 2.28. The Morgan fingerprint density at radius 3 is 2.53 bits per heavy atom. The summed E-state index contributed by atoms with van der Waals surface area (Å²) in [6.07, 6.45) is 2.67. The molecule has 0 aliphatic carbocycles. The molecular weight excluding hydrogens is 192 g/mol. The van der Waals surface area contributed by atoms with Gasteiger partial charge in [0, 0.05) is 6.61 Å². The number of para-hydroxylation sites is 1. The minimum atomic E-state index is 0.0327. The van der Waals surface area contributed by atoms with Gasteiger partial charge in [-0.1, -0.05) is 18.2 Å². The van der Waals surface area contributed by atoms with E-state index in [0.717, 1.165) is 30.6 Å². The van der Waals surface area contributed by atoms with Crippen LogP contribution in [0.2, 0.25) is 0 Å². The van der Waals surface area contributed by atoms with Gasteiger partial charge in [-0.15, -0.1) is 0 Å². The molecule has 0 saturated heterocycles. The third kappa shape index (κ3) is 4.32. The maximum absolute atomic E-state index is 8.69. The minimum Gasteiger partial charge on any atom is -0.491 e. The molecule has 0 aromatic heterocycles. The van der Waals surface area contributed by atoms with Gasteiger partial charge in [0.25, 0.3) is 0 Å². The molecule has 0 spiro atoms. The molecule has 0 atom stereocenters. The molecule has 0 unspecified atom stereocenters. The van der Waals surface area contributed by atoms with Crippen molar-refractivity contribution in [3.63, 3.8) is 0 Å². The Morgan fingerprint density at radius 2 is 1.80 bits per heavy atom. The summed E-state index contributed by atoms with van der Waals surface area (Å²) >= 11 is 0. The first-order valence-electron chi connectivity index (χ1n) is 5.31. The van der Waals surface area contributed by atoms with Gasteiger partial charge < -0.3 is 14.9 Å². The molecule has 1 aromatic carbocycles. The van der Waals surface area contributed by atoms with Crippen LogP contribution >= 0.6 is 0 Å². The molecule has 0 radical (unpaired) electrons. The Balaban J connectivity index is 2.52. The SMILES string of the molecule is OCCCCc1ccccc1OCCO. The van der Waals surface area contributed by atoms with Crippen LogP contribution in [0.25, 0.3) is 0 Å². The summed E-state index contributed by atoms with van der Waals surface area (Å²) < 4.78 is 5.40. The molecule has 0 saturated carbocycles. The summed E-state index contributed by atoms with van der Waals surface area (Å²) in [6, 6.07) is 7.82. The standard InChI is InChI=1S/C12H18O3/c13-8-4-3-6-11-5-1-2-7-12(11)15-10-9-14/h1-2,5,7,13-14H,3-4,6,8-10H2. The lowest BCUT2D eigenvalue weighted by molar-refractivity contribution is 0.200. The fourth-order valence-electron chi connectivity index (χ4n) is 1.43. The van der Waals surface area contributed by atoms with Crippen LogP contribution in [-0.4, -0.2) is 30.0 Å². The Kier molecular flexibility index (Phi) is 5.81. The topological polar surface area (TPSA) is 49.7 Å². The van der Waals surface area contributed by atoms with Gasteiger partial charge in [0.2, 0.25) is 0 Å². The molecule has 0 heterocycles. The van der Waals surface area contributed by atoms with E-state index in [1.54, 1.807) is 0 Å². The van der Waals surface area contributed by atoms with Gasteiger partial charge >= 0.3 is 0 Å². The zero-order chi connectivity index (χ0) is 10.9. The molecule has 0 amide bonds. The molecule has 0 bridgehead atoms. The lowest BCUT2D eigenvalue weighted by atomic mass is 10.1. The van der Waals surface area contributed by atoms with E-state index in [1.165, 1.54) is 0 Å². The highest BCUT2D eigenvalue weighted by Gasteiger charge is 2.01. The van der Waals surface area contributed by atoms with Crippen molar-refractivity contribution in [1.29, 1.82) is 0 Å². The number of rotatable bonds is 7. The van der Waals surface area contributed by atoms with E-state index < -0.39 is 0 Å². The molecule has 0 aliphatic heterocycles. The van der Waals surface area contributed by atoms with Gasteiger partial charge in [0.15, 0.2) is 0 Å². The Morgan fingerprint density at radius 1 is 1.00 bits per heavy atom. The van der Waals surface area contributed by atoms with Gasteiger partial charge in [0.05, 0.1) is 6.61 Å². The van der Waals surface area contributed by atoms with Crippen LogP contribution in [-0.2, 0) is 6.42 Å². The first-order chi connectivity index (χ1) is 7.38. The van der Waals surface area contributed by atoms with E-state index in [2.05, 4.69) is 0 Å². The highest BCUT2D eigenvalue weighted by atomic mass is 16.5. The molecule has 1 aromatic rings. The lowest BCUT2D eigenvalue weighted by Crippen LogP contribution is -2.03. The van der Waals surface area contributed by atoms with Crippen molar-refractivity contribution in [2.24, 2.45) is 0 Å². The van der Waals surface area contributed by atoms with Crippen LogP contribution in [0.3, 0.4) is 0 Å². The zero-order valence-electron chi connectivity index (χ0n) is 8.85. The van der Waals surface area contributed by atoms with E-state index in [4.69, 9.17) is 14.9 Å². The Labute approximate surface area is 90.3 Å². The highest BCUT2D eigenvalue weighted by Crippen LogP contribution is 2.19. The first-order valence-corrected chi connectivity index (χ1v) is 5.31. The van der Waals surface area contributed by atoms with Crippen molar-refractivity contribution < 1.29 is 14.9 Å². The number of benzene rings is 1. The number of hydrogen-bond donors (Lipinski definition) is 2. The third-order valence-corrected chi connectivity index (χ3v) is 2.18. The number of unbranched alkanes of at least 4 members (excludes halogenated alkanes) is 1. The monoisotopic (exact) mass is 210 g/mol. The molecule has 15 heavy (non-hydrogen) atoms. The Hall–Kier alpha value is -1.06. The predicted octanol–water partition coefficient (Wildman–Crippen LogP) is 1.37. The van der Waals surface area contributed by atoms with Crippen LogP contribution in [0.4, 0.5) is 0 Å². The second-order valence-electron chi connectivity index (χ2n) is 3.36. The molecule has 2 N–H and O–H groups in total. The Bertz CT molecular complexity index is 273. The van der Waals surface area contributed by atoms with Crippen LogP contribution in [0.15, 0.2) is 24.3 Å². The summed E-state index contributed by atoms with van der Waals surface area (Å²) in [5, 5.41) is 17.4. The summed E-state index contributed by atoms with van der Waals surface area (Å²) in [7, 11) is 0. The number of ether oxygens (including phenoxy) is 1. The number of aliphatic hydroxyl groups is 2. The molecule has 0 aliphatic rings. The molecule has 1 rings (SSSR count). The number of aliphatic hydroxyl groups excluding tert-OH is 2. The van der Waals surface area contributed by atoms with Crippen LogP contribution in [0.1, 0.15) is 18.4 Å². The summed E-state index contributed by atoms with van der Waals surface area (Å²) in [4.78, 5) is 0. The lowest BCUT2D eigenvalue weighted by Gasteiger charge is -2.09. The number of hydrogen-bond acceptors (Lipinski definition) is 3.